The fourth-order valence-electron chi connectivity index (χ4n) is 5.33. The van der Waals surface area contributed by atoms with Crippen molar-refractivity contribution in [3.63, 3.8) is 0 Å². The van der Waals surface area contributed by atoms with E-state index >= 15 is 0 Å². The maximum atomic E-state index is 13.0. The number of benzene rings is 1. The first-order chi connectivity index (χ1) is 17.7. The molecule has 2 atom stereocenters. The van der Waals surface area contributed by atoms with Crippen LogP contribution in [0.15, 0.2) is 41.7 Å². The predicted molar refractivity (Wildman–Crippen MR) is 148 cm³/mol. The predicted octanol–water partition coefficient (Wildman–Crippen LogP) is 6.12. The lowest BCUT2D eigenvalue weighted by molar-refractivity contribution is -0.143. The molecule has 7 nitrogen and oxygen atoms in total. The Morgan fingerprint density at radius 3 is 2.32 bits per heavy atom. The normalized spacial score (nSPS) is 21.4. The van der Waals surface area contributed by atoms with E-state index < -0.39 is 22.8 Å². The fourth-order valence-corrected chi connectivity index (χ4v) is 6.81. The molecule has 2 fully saturated rings. The van der Waals surface area contributed by atoms with Crippen molar-refractivity contribution in [3.05, 3.63) is 57.8 Å². The number of hydrogen-bond acceptors (Lipinski definition) is 6. The van der Waals surface area contributed by atoms with Gasteiger partial charge in [0.15, 0.2) is 11.3 Å². The first-order valence-electron chi connectivity index (χ1n) is 12.3. The first kappa shape index (κ1) is 27.6. The van der Waals surface area contributed by atoms with Crippen molar-refractivity contribution in [3.8, 4) is 0 Å². The monoisotopic (exact) mass is 561 g/mol. The number of aromatic nitrogens is 1. The van der Waals surface area contributed by atoms with Crippen molar-refractivity contribution in [1.82, 2.24) is 4.98 Å². The third-order valence-corrected chi connectivity index (χ3v) is 8.98. The minimum absolute atomic E-state index is 0.129. The van der Waals surface area contributed by atoms with E-state index in [-0.39, 0.29) is 39.5 Å². The Morgan fingerprint density at radius 1 is 1.16 bits per heavy atom. The van der Waals surface area contributed by atoms with Crippen LogP contribution in [0.2, 0.25) is 10.0 Å². The molecule has 37 heavy (non-hydrogen) atoms. The molecule has 2 unspecified atom stereocenters. The van der Waals surface area contributed by atoms with E-state index in [4.69, 9.17) is 28.2 Å². The molecular formula is C27H29Cl2N3O4S. The number of amides is 1. The molecule has 2 aliphatic rings. The van der Waals surface area contributed by atoms with Crippen LogP contribution < -0.4 is 5.32 Å². The minimum Gasteiger partial charge on any atom is -0.479 e. The number of halogens is 2. The number of thioether (sulfide) groups is 1. The Morgan fingerprint density at radius 2 is 1.78 bits per heavy atom. The zero-order valence-corrected chi connectivity index (χ0v) is 23.1. The Bertz CT molecular complexity index is 1220. The van der Waals surface area contributed by atoms with E-state index in [9.17, 15) is 19.5 Å². The van der Waals surface area contributed by atoms with Crippen molar-refractivity contribution in [2.75, 3.05) is 11.6 Å². The van der Waals surface area contributed by atoms with Crippen molar-refractivity contribution in [2.24, 2.45) is 10.4 Å². The molecule has 4 rings (SSSR count). The second kappa shape index (κ2) is 11.1. The van der Waals surface area contributed by atoms with Crippen molar-refractivity contribution >= 4 is 64.0 Å². The molecule has 1 aromatic carbocycles. The summed E-state index contributed by atoms with van der Waals surface area (Å²) in [5, 5.41) is 13.0. The molecular weight excluding hydrogens is 533 g/mol. The number of ketones is 1. The highest BCUT2D eigenvalue weighted by molar-refractivity contribution is 8.01. The van der Waals surface area contributed by atoms with Gasteiger partial charge in [-0.25, -0.2) is 4.79 Å². The quantitative estimate of drug-likeness (QED) is 0.401. The Labute approximate surface area is 230 Å². The highest BCUT2D eigenvalue weighted by Gasteiger charge is 2.60. The number of nitrogens with zero attached hydrogens (tertiary/aromatic N) is 2. The van der Waals surface area contributed by atoms with Gasteiger partial charge in [0.25, 0.3) is 5.91 Å². The van der Waals surface area contributed by atoms with E-state index in [0.717, 1.165) is 43.4 Å². The van der Waals surface area contributed by atoms with E-state index in [1.807, 2.05) is 13.2 Å². The standard InChI is InChI=1S/C27H29Cl2N3O4S/c1-3-27(25(35)36,32-22-21(37-2)23(33)26(22)11-5-4-6-12-26)13-16-7-9-17(10-8-16)31-24(34)20-18(28)14-30-15-19(20)29/h7-10,14-15,21H,3-6,11-13H2,1-2H3,(H,31,34)(H,35,36). The molecule has 0 bridgehead atoms. The molecule has 1 heterocycles. The van der Waals surface area contributed by atoms with Gasteiger partial charge in [0, 0.05) is 30.2 Å². The summed E-state index contributed by atoms with van der Waals surface area (Å²) < 4.78 is 0. The summed E-state index contributed by atoms with van der Waals surface area (Å²) in [6, 6.07) is 6.94. The van der Waals surface area contributed by atoms with Gasteiger partial charge in [-0.05, 0) is 43.2 Å². The van der Waals surface area contributed by atoms with E-state index in [1.165, 1.54) is 24.2 Å². The summed E-state index contributed by atoms with van der Waals surface area (Å²) in [5.74, 6) is -1.28. The molecule has 0 radical (unpaired) electrons. The summed E-state index contributed by atoms with van der Waals surface area (Å²) >= 11 is 13.6. The van der Waals surface area contributed by atoms with Crippen LogP contribution in [0.3, 0.4) is 0 Å². The number of carboxylic acids is 1. The number of carbonyl (C=O) groups excluding carboxylic acids is 2. The van der Waals surface area contributed by atoms with Gasteiger partial charge in [0.2, 0.25) is 0 Å². The van der Waals surface area contributed by atoms with Crippen LogP contribution in [0.5, 0.6) is 0 Å². The lowest BCUT2D eigenvalue weighted by atomic mass is 9.57. The Kier molecular flexibility index (Phi) is 8.31. The largest absolute Gasteiger partial charge is 0.479 e. The number of nitrogens with one attached hydrogen (secondary N) is 1. The van der Waals surface area contributed by atoms with Crippen LogP contribution in [-0.2, 0) is 16.0 Å². The molecule has 2 N–H and O–H groups in total. The van der Waals surface area contributed by atoms with E-state index in [1.54, 1.807) is 24.3 Å². The number of anilines is 1. The van der Waals surface area contributed by atoms with Crippen molar-refractivity contribution in [1.29, 1.82) is 0 Å². The second-order valence-electron chi connectivity index (χ2n) is 9.62. The van der Waals surface area contributed by atoms with Gasteiger partial charge in [0.05, 0.1) is 21.0 Å². The van der Waals surface area contributed by atoms with Crippen LogP contribution in [0.1, 0.15) is 61.4 Å². The van der Waals surface area contributed by atoms with Gasteiger partial charge in [-0.2, -0.15) is 0 Å². The number of aliphatic carboxylic acids is 1. The first-order valence-corrected chi connectivity index (χ1v) is 14.3. The molecule has 196 valence electrons. The smallest absolute Gasteiger partial charge is 0.331 e. The molecule has 0 saturated heterocycles. The number of Topliss-reactive ketones (excluding diaryl/α,β-unsaturated/α-hetero) is 1. The van der Waals surface area contributed by atoms with Crippen LogP contribution in [0.4, 0.5) is 5.69 Å². The number of carboxylic acid groups (broad SMARTS) is 1. The summed E-state index contributed by atoms with van der Waals surface area (Å²) in [4.78, 5) is 47.1. The zero-order valence-electron chi connectivity index (χ0n) is 20.7. The van der Waals surface area contributed by atoms with E-state index in [2.05, 4.69) is 10.3 Å². The topological polar surface area (TPSA) is 109 Å². The van der Waals surface area contributed by atoms with E-state index in [0.29, 0.717) is 5.69 Å². The van der Waals surface area contributed by atoms with Crippen LogP contribution in [0.25, 0.3) is 0 Å². The summed E-state index contributed by atoms with van der Waals surface area (Å²) in [5.41, 5.74) is 0.182. The summed E-state index contributed by atoms with van der Waals surface area (Å²) in [6.45, 7) is 1.82. The Balaban J connectivity index is 1.58. The van der Waals surface area contributed by atoms with Crippen LogP contribution in [0, 0.1) is 5.41 Å². The molecule has 2 aliphatic carbocycles. The number of rotatable bonds is 8. The van der Waals surface area contributed by atoms with Crippen LogP contribution in [-0.4, -0.2) is 50.5 Å². The van der Waals surface area contributed by atoms with Crippen molar-refractivity contribution < 1.29 is 19.5 Å². The SMILES string of the molecule is CCC(Cc1ccc(NC(=O)c2c(Cl)cncc2Cl)cc1)(N=C1C(SC)C(=O)C12CCCCC2)C(=O)O. The fraction of sp³-hybridized carbons (Fsp3) is 0.444. The van der Waals surface area contributed by atoms with Crippen LogP contribution >= 0.6 is 35.0 Å². The average molecular weight is 563 g/mol. The summed E-state index contributed by atoms with van der Waals surface area (Å²) in [6.07, 6.45) is 9.53. The number of carbonyl (C=O) groups is 3. The molecule has 2 aromatic rings. The molecule has 0 aliphatic heterocycles. The maximum absolute atomic E-state index is 13.0. The molecule has 10 heteroatoms. The number of aliphatic imine (C=N–C) groups is 1. The van der Waals surface area contributed by atoms with Gasteiger partial charge >= 0.3 is 5.97 Å². The van der Waals surface area contributed by atoms with Gasteiger partial charge in [-0.15, -0.1) is 11.8 Å². The van der Waals surface area contributed by atoms with Crippen molar-refractivity contribution in [2.45, 2.75) is 62.7 Å². The molecule has 1 spiro atoms. The zero-order chi connectivity index (χ0) is 26.8. The third kappa shape index (κ3) is 5.16. The highest BCUT2D eigenvalue weighted by Crippen LogP contribution is 2.51. The third-order valence-electron chi connectivity index (χ3n) is 7.50. The molecule has 2 saturated carbocycles. The lowest BCUT2D eigenvalue weighted by Crippen LogP contribution is -2.63. The van der Waals surface area contributed by atoms with Gasteiger partial charge < -0.3 is 10.4 Å². The molecule has 1 aromatic heterocycles. The van der Waals surface area contributed by atoms with Gasteiger partial charge in [-0.3, -0.25) is 19.6 Å². The average Bonchev–Trinajstić information content (AvgIpc) is 2.89. The highest BCUT2D eigenvalue weighted by atomic mass is 35.5. The van der Waals surface area contributed by atoms with Gasteiger partial charge in [0.1, 0.15) is 5.25 Å². The lowest BCUT2D eigenvalue weighted by Gasteiger charge is -2.50. The number of pyridine rings is 1. The maximum Gasteiger partial charge on any atom is 0.331 e. The van der Waals surface area contributed by atoms with Gasteiger partial charge in [-0.1, -0.05) is 61.5 Å². The summed E-state index contributed by atoms with van der Waals surface area (Å²) in [7, 11) is 0. The number of hydrogen-bond donors (Lipinski definition) is 2. The second-order valence-corrected chi connectivity index (χ2v) is 11.4. The Hall–Kier alpha value is -2.42. The minimum atomic E-state index is -1.38. The molecule has 1 amide bonds.